The summed E-state index contributed by atoms with van der Waals surface area (Å²) >= 11 is 0. The first-order valence-corrected chi connectivity index (χ1v) is 10.0. The zero-order valence-corrected chi connectivity index (χ0v) is 16.8. The largest absolute Gasteiger partial charge is 0.488 e. The van der Waals surface area contributed by atoms with Gasteiger partial charge in [-0.15, -0.1) is 0 Å². The first kappa shape index (κ1) is 20.6. The lowest BCUT2D eigenvalue weighted by molar-refractivity contribution is -0.138. The van der Waals surface area contributed by atoms with Gasteiger partial charge in [0, 0.05) is 5.69 Å². The summed E-state index contributed by atoms with van der Waals surface area (Å²) in [6.45, 7) is 8.39. The highest BCUT2D eigenvalue weighted by Crippen LogP contribution is 2.33. The molecule has 4 heteroatoms. The number of carbonyl (C=O) groups is 1. The molecule has 0 bridgehead atoms. The van der Waals surface area contributed by atoms with Gasteiger partial charge in [0.1, 0.15) is 17.4 Å². The van der Waals surface area contributed by atoms with Crippen LogP contribution in [0.25, 0.3) is 0 Å². The van der Waals surface area contributed by atoms with Gasteiger partial charge in [-0.2, -0.15) is 0 Å². The van der Waals surface area contributed by atoms with Crippen molar-refractivity contribution < 1.29 is 14.6 Å². The Hall–Kier alpha value is -1.71. The number of rotatable bonds is 9. The lowest BCUT2D eigenvalue weighted by Gasteiger charge is -2.32. The number of ether oxygens (including phenoxy) is 1. The Morgan fingerprint density at radius 3 is 2.35 bits per heavy atom. The van der Waals surface area contributed by atoms with Crippen LogP contribution in [0, 0.1) is 11.8 Å². The normalized spacial score (nSPS) is 17.1. The van der Waals surface area contributed by atoms with E-state index < -0.39 is 12.0 Å². The van der Waals surface area contributed by atoms with E-state index in [9.17, 15) is 9.90 Å². The molecule has 0 aliphatic heterocycles. The Labute approximate surface area is 158 Å². The Kier molecular flexibility index (Phi) is 7.36. The molecular weight excluding hydrogens is 326 g/mol. The fraction of sp³-hybridized carbons (Fsp3) is 0.682. The van der Waals surface area contributed by atoms with Crippen molar-refractivity contribution in [2.75, 3.05) is 5.32 Å². The summed E-state index contributed by atoms with van der Waals surface area (Å²) in [4.78, 5) is 11.4. The highest BCUT2D eigenvalue weighted by Gasteiger charge is 2.26. The molecular formula is C22H35NO3. The van der Waals surface area contributed by atoms with Crippen LogP contribution in [-0.4, -0.2) is 22.7 Å². The molecule has 146 valence electrons. The number of carboxylic acids is 1. The number of hydrogen-bond donors (Lipinski definition) is 2. The number of anilines is 1. The van der Waals surface area contributed by atoms with Gasteiger partial charge < -0.3 is 15.2 Å². The van der Waals surface area contributed by atoms with Crippen LogP contribution in [0.15, 0.2) is 24.3 Å². The van der Waals surface area contributed by atoms with Crippen molar-refractivity contribution in [1.82, 2.24) is 0 Å². The van der Waals surface area contributed by atoms with Gasteiger partial charge in [-0.1, -0.05) is 46.0 Å². The molecule has 1 atom stereocenters. The summed E-state index contributed by atoms with van der Waals surface area (Å²) in [6, 6.07) is 7.10. The van der Waals surface area contributed by atoms with Crippen LogP contribution in [0.2, 0.25) is 0 Å². The van der Waals surface area contributed by atoms with Gasteiger partial charge in [-0.3, -0.25) is 0 Å². The molecule has 26 heavy (non-hydrogen) atoms. The fourth-order valence-corrected chi connectivity index (χ4v) is 3.96. The lowest BCUT2D eigenvalue weighted by Crippen LogP contribution is -2.32. The van der Waals surface area contributed by atoms with E-state index in [-0.39, 0.29) is 5.60 Å². The van der Waals surface area contributed by atoms with E-state index in [0.29, 0.717) is 12.3 Å². The summed E-state index contributed by atoms with van der Waals surface area (Å²) < 4.78 is 6.23. The van der Waals surface area contributed by atoms with Crippen LogP contribution >= 0.6 is 0 Å². The molecule has 0 aromatic heterocycles. The van der Waals surface area contributed by atoms with Crippen LogP contribution in [0.1, 0.15) is 72.6 Å². The molecule has 2 N–H and O–H groups in total. The molecule has 0 saturated heterocycles. The monoisotopic (exact) mass is 361 g/mol. The molecule has 1 aliphatic carbocycles. The number of carboxylic acid groups (broad SMARTS) is 1. The number of hydrogen-bond acceptors (Lipinski definition) is 3. The maximum atomic E-state index is 11.4. The van der Waals surface area contributed by atoms with E-state index in [4.69, 9.17) is 4.74 Å². The average Bonchev–Trinajstić information content (AvgIpc) is 2.55. The second-order valence-electron chi connectivity index (χ2n) is 8.76. The van der Waals surface area contributed by atoms with Crippen molar-refractivity contribution in [3.05, 3.63) is 24.3 Å². The minimum absolute atomic E-state index is 0.182. The molecule has 1 fully saturated rings. The van der Waals surface area contributed by atoms with Crippen LogP contribution in [-0.2, 0) is 4.79 Å². The zero-order chi connectivity index (χ0) is 19.2. The molecule has 1 aromatic carbocycles. The van der Waals surface area contributed by atoms with Gasteiger partial charge in [-0.25, -0.2) is 4.79 Å². The predicted octanol–water partition coefficient (Wildman–Crippen LogP) is 5.73. The smallest absolute Gasteiger partial charge is 0.326 e. The van der Waals surface area contributed by atoms with Crippen molar-refractivity contribution in [2.24, 2.45) is 11.8 Å². The van der Waals surface area contributed by atoms with E-state index in [2.05, 4.69) is 19.2 Å². The van der Waals surface area contributed by atoms with Crippen LogP contribution in [0.3, 0.4) is 0 Å². The van der Waals surface area contributed by atoms with Crippen LogP contribution in [0.4, 0.5) is 5.69 Å². The molecule has 4 nitrogen and oxygen atoms in total. The number of benzene rings is 1. The Balaban J connectivity index is 1.92. The third kappa shape index (κ3) is 6.89. The highest BCUT2D eigenvalue weighted by atomic mass is 16.5. The van der Waals surface area contributed by atoms with Gasteiger partial charge in [0.05, 0.1) is 0 Å². The Morgan fingerprint density at radius 2 is 1.81 bits per heavy atom. The van der Waals surface area contributed by atoms with E-state index >= 15 is 0 Å². The lowest BCUT2D eigenvalue weighted by atomic mass is 9.82. The molecule has 1 saturated carbocycles. The van der Waals surface area contributed by atoms with Crippen molar-refractivity contribution in [2.45, 2.75) is 84.3 Å². The Morgan fingerprint density at radius 1 is 1.19 bits per heavy atom. The van der Waals surface area contributed by atoms with Crippen molar-refractivity contribution in [3.63, 3.8) is 0 Å². The molecule has 2 rings (SSSR count). The molecule has 0 spiro atoms. The Bertz CT molecular complexity index is 559. The van der Waals surface area contributed by atoms with E-state index in [0.717, 1.165) is 23.8 Å². The first-order chi connectivity index (χ1) is 12.2. The van der Waals surface area contributed by atoms with Crippen LogP contribution < -0.4 is 10.1 Å². The maximum absolute atomic E-state index is 11.4. The third-order valence-corrected chi connectivity index (χ3v) is 5.10. The molecule has 0 unspecified atom stereocenters. The summed E-state index contributed by atoms with van der Waals surface area (Å²) in [6.07, 6.45) is 8.40. The fourth-order valence-electron chi connectivity index (χ4n) is 3.96. The second-order valence-corrected chi connectivity index (χ2v) is 8.76. The SMILES string of the molecule is CC(C)C[C@H](Nc1ccc(OC(C)(C)CC2CCCCC2)cc1)C(=O)O. The topological polar surface area (TPSA) is 58.6 Å². The summed E-state index contributed by atoms with van der Waals surface area (Å²) in [7, 11) is 0. The standard InChI is InChI=1S/C22H35NO3/c1-16(2)14-20(21(24)25)23-18-10-12-19(13-11-18)26-22(3,4)15-17-8-6-5-7-9-17/h10-13,16-17,20,23H,5-9,14-15H2,1-4H3,(H,24,25)/t20-/m0/s1. The third-order valence-electron chi connectivity index (χ3n) is 5.10. The van der Waals surface area contributed by atoms with Crippen molar-refractivity contribution >= 4 is 11.7 Å². The van der Waals surface area contributed by atoms with Gasteiger partial charge in [-0.05, 0) is 62.8 Å². The molecule has 1 aliphatic rings. The summed E-state index contributed by atoms with van der Waals surface area (Å²) in [5.41, 5.74) is 0.633. The van der Waals surface area contributed by atoms with Crippen molar-refractivity contribution in [1.29, 1.82) is 0 Å². The van der Waals surface area contributed by atoms with Gasteiger partial charge in [0.15, 0.2) is 0 Å². The van der Waals surface area contributed by atoms with Gasteiger partial charge in [0.25, 0.3) is 0 Å². The van der Waals surface area contributed by atoms with E-state index in [1.807, 2.05) is 38.1 Å². The van der Waals surface area contributed by atoms with Crippen LogP contribution in [0.5, 0.6) is 5.75 Å². The summed E-state index contributed by atoms with van der Waals surface area (Å²) in [5, 5.41) is 12.5. The molecule has 0 amide bonds. The minimum Gasteiger partial charge on any atom is -0.488 e. The zero-order valence-electron chi connectivity index (χ0n) is 16.8. The maximum Gasteiger partial charge on any atom is 0.326 e. The van der Waals surface area contributed by atoms with Gasteiger partial charge in [0.2, 0.25) is 0 Å². The van der Waals surface area contributed by atoms with Gasteiger partial charge >= 0.3 is 5.97 Å². The van der Waals surface area contributed by atoms with E-state index in [1.54, 1.807) is 0 Å². The highest BCUT2D eigenvalue weighted by molar-refractivity contribution is 5.77. The predicted molar refractivity (Wildman–Crippen MR) is 107 cm³/mol. The summed E-state index contributed by atoms with van der Waals surface area (Å²) in [5.74, 6) is 1.12. The first-order valence-electron chi connectivity index (χ1n) is 10.0. The second kappa shape index (κ2) is 9.29. The molecule has 0 radical (unpaired) electrons. The molecule has 1 aromatic rings. The van der Waals surface area contributed by atoms with Crippen molar-refractivity contribution in [3.8, 4) is 5.75 Å². The minimum atomic E-state index is -0.812. The number of nitrogens with one attached hydrogen (secondary N) is 1. The average molecular weight is 362 g/mol. The number of aliphatic carboxylic acids is 1. The molecule has 0 heterocycles. The quantitative estimate of drug-likeness (QED) is 0.590. The van der Waals surface area contributed by atoms with E-state index in [1.165, 1.54) is 32.1 Å².